The van der Waals surface area contributed by atoms with Crippen LogP contribution >= 0.6 is 0 Å². The third kappa shape index (κ3) is 3.07. The van der Waals surface area contributed by atoms with E-state index in [1.807, 2.05) is 0 Å². The lowest BCUT2D eigenvalue weighted by Gasteiger charge is -2.33. The first-order valence-electron chi connectivity index (χ1n) is 5.28. The van der Waals surface area contributed by atoms with Crippen molar-refractivity contribution in [2.75, 3.05) is 20.1 Å². The fourth-order valence-electron chi connectivity index (χ4n) is 1.93. The molecule has 0 aliphatic carbocycles. The van der Waals surface area contributed by atoms with Crippen LogP contribution < -0.4 is 0 Å². The number of piperidine rings is 1. The zero-order valence-corrected chi connectivity index (χ0v) is 9.03. The number of hydrogen-bond acceptors (Lipinski definition) is 3. The Morgan fingerprint density at radius 2 is 1.69 bits per heavy atom. The van der Waals surface area contributed by atoms with Gasteiger partial charge >= 0.3 is 0 Å². The molecule has 0 bridgehead atoms. The minimum Gasteiger partial charge on any atom is -0.280 e. The molecule has 3 heteroatoms. The summed E-state index contributed by atoms with van der Waals surface area (Å²) < 4.78 is 0. The number of rotatable bonds is 3. The van der Waals surface area contributed by atoms with Crippen LogP contribution in [0.25, 0.3) is 0 Å². The second-order valence-electron chi connectivity index (χ2n) is 4.07. The summed E-state index contributed by atoms with van der Waals surface area (Å²) in [5.41, 5.74) is 0. The van der Waals surface area contributed by atoms with Gasteiger partial charge in [0, 0.05) is 20.1 Å². The van der Waals surface area contributed by atoms with Crippen LogP contribution in [0.3, 0.4) is 0 Å². The Bertz CT molecular complexity index is 160. The van der Waals surface area contributed by atoms with Crippen molar-refractivity contribution in [1.29, 1.82) is 0 Å². The van der Waals surface area contributed by atoms with E-state index in [0.29, 0.717) is 12.1 Å². The van der Waals surface area contributed by atoms with Crippen molar-refractivity contribution in [3.63, 3.8) is 0 Å². The summed E-state index contributed by atoms with van der Waals surface area (Å²) in [6.07, 6.45) is 4.33. The van der Waals surface area contributed by atoms with Crippen molar-refractivity contribution >= 4 is 0 Å². The second-order valence-corrected chi connectivity index (χ2v) is 4.07. The Kier molecular flexibility index (Phi) is 4.36. The van der Waals surface area contributed by atoms with Gasteiger partial charge in [-0.05, 0) is 18.8 Å². The van der Waals surface area contributed by atoms with Crippen LogP contribution in [0.4, 0.5) is 0 Å². The Morgan fingerprint density at radius 1 is 1.08 bits per heavy atom. The summed E-state index contributed by atoms with van der Waals surface area (Å²) in [6.45, 7) is 6.83. The lowest BCUT2D eigenvalue weighted by Crippen LogP contribution is -2.40. The van der Waals surface area contributed by atoms with Gasteiger partial charge in [-0.25, -0.2) is 0 Å². The van der Waals surface area contributed by atoms with E-state index >= 15 is 0 Å². The summed E-state index contributed by atoms with van der Waals surface area (Å²) in [5, 5.41) is 8.21. The predicted octanol–water partition coefficient (Wildman–Crippen LogP) is 2.54. The SMILES string of the molecule is CN=NC(C(C)C)N1CCCCC1. The quantitative estimate of drug-likeness (QED) is 0.618. The molecule has 1 aliphatic rings. The van der Waals surface area contributed by atoms with Gasteiger partial charge in [-0.1, -0.05) is 20.3 Å². The van der Waals surface area contributed by atoms with Crippen LogP contribution in [0.1, 0.15) is 33.1 Å². The molecular weight excluding hydrogens is 162 g/mol. The Morgan fingerprint density at radius 3 is 2.15 bits per heavy atom. The van der Waals surface area contributed by atoms with Crippen molar-refractivity contribution in [2.24, 2.45) is 16.1 Å². The van der Waals surface area contributed by atoms with Crippen molar-refractivity contribution in [3.8, 4) is 0 Å². The Labute approximate surface area is 81.2 Å². The fourth-order valence-corrected chi connectivity index (χ4v) is 1.93. The van der Waals surface area contributed by atoms with Gasteiger partial charge in [0.25, 0.3) is 0 Å². The van der Waals surface area contributed by atoms with Gasteiger partial charge < -0.3 is 0 Å². The fraction of sp³-hybridized carbons (Fsp3) is 1.00. The monoisotopic (exact) mass is 183 g/mol. The minimum atomic E-state index is 0.310. The molecule has 1 fully saturated rings. The van der Waals surface area contributed by atoms with Gasteiger partial charge in [0.2, 0.25) is 0 Å². The first-order valence-corrected chi connectivity index (χ1v) is 5.28. The predicted molar refractivity (Wildman–Crippen MR) is 54.8 cm³/mol. The highest BCUT2D eigenvalue weighted by Gasteiger charge is 2.22. The molecule has 3 nitrogen and oxygen atoms in total. The Balaban J connectivity index is 2.51. The maximum atomic E-state index is 4.30. The summed E-state index contributed by atoms with van der Waals surface area (Å²) in [5.74, 6) is 0.571. The number of azo groups is 1. The number of likely N-dealkylation sites (tertiary alicyclic amines) is 1. The zero-order chi connectivity index (χ0) is 9.68. The smallest absolute Gasteiger partial charge is 0.125 e. The largest absolute Gasteiger partial charge is 0.280 e. The van der Waals surface area contributed by atoms with Crippen molar-refractivity contribution in [1.82, 2.24) is 4.90 Å². The molecule has 1 atom stereocenters. The van der Waals surface area contributed by atoms with Gasteiger partial charge in [-0.3, -0.25) is 4.90 Å². The van der Waals surface area contributed by atoms with Gasteiger partial charge in [0.1, 0.15) is 6.17 Å². The van der Waals surface area contributed by atoms with Crippen molar-refractivity contribution in [3.05, 3.63) is 0 Å². The summed E-state index contributed by atoms with van der Waals surface area (Å²) >= 11 is 0. The molecule has 1 saturated heterocycles. The average molecular weight is 183 g/mol. The van der Waals surface area contributed by atoms with E-state index in [-0.39, 0.29) is 0 Å². The molecule has 0 N–H and O–H groups in total. The van der Waals surface area contributed by atoms with Gasteiger partial charge in [-0.2, -0.15) is 10.2 Å². The lowest BCUT2D eigenvalue weighted by molar-refractivity contribution is 0.128. The first-order chi connectivity index (χ1) is 6.25. The summed E-state index contributed by atoms with van der Waals surface area (Å²) in [4.78, 5) is 2.46. The maximum Gasteiger partial charge on any atom is 0.125 e. The third-order valence-corrected chi connectivity index (χ3v) is 2.59. The van der Waals surface area contributed by atoms with Gasteiger partial charge in [-0.15, -0.1) is 0 Å². The van der Waals surface area contributed by atoms with Crippen LogP contribution in [-0.2, 0) is 0 Å². The van der Waals surface area contributed by atoms with E-state index in [9.17, 15) is 0 Å². The highest BCUT2D eigenvalue weighted by atomic mass is 15.3. The standard InChI is InChI=1S/C10H21N3/c1-9(2)10(12-11-3)13-7-5-4-6-8-13/h9-10H,4-8H2,1-3H3. The molecule has 0 spiro atoms. The second kappa shape index (κ2) is 5.32. The third-order valence-electron chi connectivity index (χ3n) is 2.59. The van der Waals surface area contributed by atoms with Gasteiger partial charge in [0.15, 0.2) is 0 Å². The molecule has 0 aromatic heterocycles. The molecule has 0 saturated carbocycles. The molecule has 0 aromatic carbocycles. The maximum absolute atomic E-state index is 4.30. The molecule has 13 heavy (non-hydrogen) atoms. The lowest BCUT2D eigenvalue weighted by atomic mass is 10.1. The first kappa shape index (κ1) is 10.6. The molecular formula is C10H21N3. The van der Waals surface area contributed by atoms with E-state index in [0.717, 1.165) is 0 Å². The molecule has 0 amide bonds. The summed E-state index contributed by atoms with van der Waals surface area (Å²) in [7, 11) is 1.76. The summed E-state index contributed by atoms with van der Waals surface area (Å²) in [6, 6.07) is 0. The van der Waals surface area contributed by atoms with Crippen LogP contribution in [0.2, 0.25) is 0 Å². The van der Waals surface area contributed by atoms with Crippen LogP contribution in [0.15, 0.2) is 10.2 Å². The van der Waals surface area contributed by atoms with E-state index in [1.54, 1.807) is 7.05 Å². The zero-order valence-electron chi connectivity index (χ0n) is 9.03. The molecule has 1 aliphatic heterocycles. The minimum absolute atomic E-state index is 0.310. The van der Waals surface area contributed by atoms with E-state index in [2.05, 4.69) is 29.0 Å². The molecule has 0 radical (unpaired) electrons. The number of hydrogen-bond donors (Lipinski definition) is 0. The molecule has 1 unspecified atom stereocenters. The van der Waals surface area contributed by atoms with Crippen LogP contribution in [0, 0.1) is 5.92 Å². The molecule has 0 aromatic rings. The van der Waals surface area contributed by atoms with Crippen LogP contribution in [0.5, 0.6) is 0 Å². The van der Waals surface area contributed by atoms with Crippen molar-refractivity contribution < 1.29 is 0 Å². The normalized spacial score (nSPS) is 22.8. The van der Waals surface area contributed by atoms with E-state index < -0.39 is 0 Å². The number of nitrogens with zero attached hydrogens (tertiary/aromatic N) is 3. The average Bonchev–Trinajstić information content (AvgIpc) is 2.15. The highest BCUT2D eigenvalue weighted by Crippen LogP contribution is 2.18. The topological polar surface area (TPSA) is 28.0 Å². The van der Waals surface area contributed by atoms with Crippen LogP contribution in [-0.4, -0.2) is 31.2 Å². The van der Waals surface area contributed by atoms with E-state index in [1.165, 1.54) is 32.4 Å². The van der Waals surface area contributed by atoms with Gasteiger partial charge in [0.05, 0.1) is 0 Å². The molecule has 1 rings (SSSR count). The highest BCUT2D eigenvalue weighted by molar-refractivity contribution is 4.74. The molecule has 76 valence electrons. The Hall–Kier alpha value is -0.440. The van der Waals surface area contributed by atoms with E-state index in [4.69, 9.17) is 0 Å². The van der Waals surface area contributed by atoms with Crippen molar-refractivity contribution in [2.45, 2.75) is 39.3 Å². The molecule has 1 heterocycles.